The predicted octanol–water partition coefficient (Wildman–Crippen LogP) is 1.93. The maximum absolute atomic E-state index is 3.71. The van der Waals surface area contributed by atoms with Crippen molar-refractivity contribution in [1.82, 2.24) is 15.1 Å². The van der Waals surface area contributed by atoms with Crippen LogP contribution in [0.25, 0.3) is 0 Å². The highest BCUT2D eigenvalue weighted by molar-refractivity contribution is 4.86. The molecule has 2 atom stereocenters. The van der Waals surface area contributed by atoms with Crippen LogP contribution in [0.1, 0.15) is 45.4 Å². The summed E-state index contributed by atoms with van der Waals surface area (Å²) in [5.74, 6) is 0.986. The predicted molar refractivity (Wildman–Crippen MR) is 80.5 cm³/mol. The molecule has 110 valence electrons. The summed E-state index contributed by atoms with van der Waals surface area (Å²) in [5.41, 5.74) is 0. The lowest BCUT2D eigenvalue weighted by Gasteiger charge is -2.32. The summed E-state index contributed by atoms with van der Waals surface area (Å²) in [4.78, 5) is 5.43. The molecule has 0 aromatic carbocycles. The summed E-state index contributed by atoms with van der Waals surface area (Å²) in [7, 11) is 0. The molecule has 0 aromatic rings. The van der Waals surface area contributed by atoms with Crippen molar-refractivity contribution in [3.8, 4) is 0 Å². The third kappa shape index (κ3) is 3.93. The minimum atomic E-state index is 0.750. The standard InChI is InChI=1S/C16H31N3/c1-14(15-5-6-15)17-8-12-18-11-7-16(13-18)19-9-3-2-4-10-19/h14-17H,2-13H2,1H3. The van der Waals surface area contributed by atoms with Crippen molar-refractivity contribution in [3.05, 3.63) is 0 Å². The monoisotopic (exact) mass is 265 g/mol. The van der Waals surface area contributed by atoms with Crippen LogP contribution in [-0.4, -0.2) is 61.2 Å². The summed E-state index contributed by atoms with van der Waals surface area (Å²) < 4.78 is 0. The Labute approximate surface area is 118 Å². The van der Waals surface area contributed by atoms with Crippen molar-refractivity contribution >= 4 is 0 Å². The fraction of sp³-hybridized carbons (Fsp3) is 1.00. The van der Waals surface area contributed by atoms with Crippen molar-refractivity contribution in [2.75, 3.05) is 39.3 Å². The van der Waals surface area contributed by atoms with Gasteiger partial charge in [-0.25, -0.2) is 0 Å². The van der Waals surface area contributed by atoms with Crippen molar-refractivity contribution in [3.63, 3.8) is 0 Å². The van der Waals surface area contributed by atoms with E-state index in [1.165, 1.54) is 77.8 Å². The third-order valence-corrected chi connectivity index (χ3v) is 5.38. The van der Waals surface area contributed by atoms with Crippen molar-refractivity contribution in [2.24, 2.45) is 5.92 Å². The van der Waals surface area contributed by atoms with Gasteiger partial charge in [0, 0.05) is 31.7 Å². The number of nitrogens with zero attached hydrogens (tertiary/aromatic N) is 2. The topological polar surface area (TPSA) is 18.5 Å². The second kappa shape index (κ2) is 6.55. The molecule has 2 unspecified atom stereocenters. The lowest BCUT2D eigenvalue weighted by Crippen LogP contribution is -2.42. The van der Waals surface area contributed by atoms with E-state index in [1.54, 1.807) is 0 Å². The highest BCUT2D eigenvalue weighted by Gasteiger charge is 2.29. The van der Waals surface area contributed by atoms with E-state index < -0.39 is 0 Å². The summed E-state index contributed by atoms with van der Waals surface area (Å²) in [5, 5.41) is 3.71. The first-order valence-corrected chi connectivity index (χ1v) is 8.53. The van der Waals surface area contributed by atoms with Gasteiger partial charge in [-0.2, -0.15) is 0 Å². The molecule has 3 fully saturated rings. The van der Waals surface area contributed by atoms with Gasteiger partial charge in [0.1, 0.15) is 0 Å². The first-order valence-electron chi connectivity index (χ1n) is 8.53. The average molecular weight is 265 g/mol. The van der Waals surface area contributed by atoms with Gasteiger partial charge in [-0.3, -0.25) is 4.90 Å². The Bertz CT molecular complexity index is 271. The lowest BCUT2D eigenvalue weighted by atomic mass is 10.1. The molecular weight excluding hydrogens is 234 g/mol. The molecule has 2 saturated heterocycles. The van der Waals surface area contributed by atoms with Crippen molar-refractivity contribution in [1.29, 1.82) is 0 Å². The van der Waals surface area contributed by atoms with Crippen LogP contribution >= 0.6 is 0 Å². The van der Waals surface area contributed by atoms with Crippen LogP contribution in [0, 0.1) is 5.92 Å². The Morgan fingerprint density at radius 3 is 2.58 bits per heavy atom. The second-order valence-corrected chi connectivity index (χ2v) is 6.92. The van der Waals surface area contributed by atoms with Gasteiger partial charge in [-0.15, -0.1) is 0 Å². The number of hydrogen-bond acceptors (Lipinski definition) is 3. The molecule has 0 radical (unpaired) electrons. The van der Waals surface area contributed by atoms with Crippen molar-refractivity contribution < 1.29 is 0 Å². The molecule has 0 amide bonds. The van der Waals surface area contributed by atoms with Crippen LogP contribution in [0.5, 0.6) is 0 Å². The molecule has 2 heterocycles. The van der Waals surface area contributed by atoms with Crippen LogP contribution in [0.3, 0.4) is 0 Å². The molecular formula is C16H31N3. The van der Waals surface area contributed by atoms with Gasteiger partial charge in [0.2, 0.25) is 0 Å². The minimum absolute atomic E-state index is 0.750. The summed E-state index contributed by atoms with van der Waals surface area (Å²) in [6.45, 7) is 10.1. The molecule has 3 aliphatic rings. The minimum Gasteiger partial charge on any atom is -0.313 e. The van der Waals surface area contributed by atoms with Gasteiger partial charge in [0.15, 0.2) is 0 Å². The summed E-state index contributed by atoms with van der Waals surface area (Å²) >= 11 is 0. The maximum Gasteiger partial charge on any atom is 0.0235 e. The molecule has 1 saturated carbocycles. The Morgan fingerprint density at radius 2 is 1.84 bits per heavy atom. The summed E-state index contributed by atoms with van der Waals surface area (Å²) in [6.07, 6.45) is 8.62. The van der Waals surface area contributed by atoms with Gasteiger partial charge in [0.05, 0.1) is 0 Å². The van der Waals surface area contributed by atoms with Gasteiger partial charge in [-0.1, -0.05) is 6.42 Å². The largest absolute Gasteiger partial charge is 0.313 e. The SMILES string of the molecule is CC(NCCN1CCC(N2CCCCC2)C1)C1CC1. The molecule has 0 spiro atoms. The zero-order valence-corrected chi connectivity index (χ0v) is 12.6. The summed E-state index contributed by atoms with van der Waals surface area (Å²) in [6, 6.07) is 1.61. The lowest BCUT2D eigenvalue weighted by molar-refractivity contribution is 0.162. The van der Waals surface area contributed by atoms with E-state index in [1.807, 2.05) is 0 Å². The number of hydrogen-bond donors (Lipinski definition) is 1. The molecule has 0 bridgehead atoms. The maximum atomic E-state index is 3.71. The smallest absolute Gasteiger partial charge is 0.0235 e. The number of piperidine rings is 1. The fourth-order valence-electron chi connectivity index (χ4n) is 3.81. The Hall–Kier alpha value is -0.120. The van der Waals surface area contributed by atoms with Gasteiger partial charge < -0.3 is 10.2 Å². The first kappa shape index (κ1) is 13.8. The van der Waals surface area contributed by atoms with Gasteiger partial charge in [-0.05, 0) is 64.6 Å². The molecule has 3 nitrogen and oxygen atoms in total. The third-order valence-electron chi connectivity index (χ3n) is 5.38. The van der Waals surface area contributed by atoms with E-state index in [2.05, 4.69) is 22.0 Å². The van der Waals surface area contributed by atoms with E-state index in [4.69, 9.17) is 0 Å². The molecule has 3 heteroatoms. The normalized spacial score (nSPS) is 31.7. The Morgan fingerprint density at radius 1 is 1.05 bits per heavy atom. The zero-order valence-electron chi connectivity index (χ0n) is 12.6. The van der Waals surface area contributed by atoms with E-state index in [0.717, 1.165) is 18.0 Å². The van der Waals surface area contributed by atoms with Crippen LogP contribution in [-0.2, 0) is 0 Å². The van der Waals surface area contributed by atoms with Gasteiger partial charge in [0.25, 0.3) is 0 Å². The average Bonchev–Trinajstić information content (AvgIpc) is 3.20. The Kier molecular flexibility index (Phi) is 4.78. The molecule has 1 aliphatic carbocycles. The molecule has 1 N–H and O–H groups in total. The van der Waals surface area contributed by atoms with E-state index in [9.17, 15) is 0 Å². The Balaban J connectivity index is 1.32. The van der Waals surface area contributed by atoms with Crippen LogP contribution < -0.4 is 5.32 Å². The highest BCUT2D eigenvalue weighted by atomic mass is 15.3. The van der Waals surface area contributed by atoms with Crippen LogP contribution in [0.15, 0.2) is 0 Å². The quantitative estimate of drug-likeness (QED) is 0.792. The number of likely N-dealkylation sites (tertiary alicyclic amines) is 2. The van der Waals surface area contributed by atoms with Crippen molar-refractivity contribution in [2.45, 2.75) is 57.5 Å². The number of nitrogens with one attached hydrogen (secondary N) is 1. The number of rotatable bonds is 6. The molecule has 0 aromatic heterocycles. The molecule has 3 rings (SSSR count). The van der Waals surface area contributed by atoms with Gasteiger partial charge >= 0.3 is 0 Å². The first-order chi connectivity index (χ1) is 9.33. The van der Waals surface area contributed by atoms with E-state index in [0.29, 0.717) is 0 Å². The molecule has 19 heavy (non-hydrogen) atoms. The zero-order chi connectivity index (χ0) is 13.1. The van der Waals surface area contributed by atoms with Crippen LogP contribution in [0.4, 0.5) is 0 Å². The van der Waals surface area contributed by atoms with E-state index in [-0.39, 0.29) is 0 Å². The van der Waals surface area contributed by atoms with E-state index >= 15 is 0 Å². The second-order valence-electron chi connectivity index (χ2n) is 6.92. The fourth-order valence-corrected chi connectivity index (χ4v) is 3.81. The highest BCUT2D eigenvalue weighted by Crippen LogP contribution is 2.32. The van der Waals surface area contributed by atoms with Crippen LogP contribution in [0.2, 0.25) is 0 Å². The molecule has 2 aliphatic heterocycles.